The van der Waals surface area contributed by atoms with E-state index in [0.29, 0.717) is 6.54 Å². The van der Waals surface area contributed by atoms with E-state index in [1.807, 2.05) is 37.3 Å². The van der Waals surface area contributed by atoms with Gasteiger partial charge in [-0.3, -0.25) is 9.59 Å². The number of thiazole rings is 1. The minimum atomic E-state index is -0.901. The highest BCUT2D eigenvalue weighted by Crippen LogP contribution is 2.30. The van der Waals surface area contributed by atoms with E-state index in [1.54, 1.807) is 16.2 Å². The second kappa shape index (κ2) is 5.88. The quantitative estimate of drug-likeness (QED) is 0.941. The molecule has 1 unspecified atom stereocenters. The molecule has 1 aliphatic heterocycles. The van der Waals surface area contributed by atoms with Crippen molar-refractivity contribution in [3.8, 4) is 10.6 Å². The van der Waals surface area contributed by atoms with Gasteiger partial charge in [-0.15, -0.1) is 11.3 Å². The van der Waals surface area contributed by atoms with E-state index in [2.05, 4.69) is 4.98 Å². The molecule has 1 amide bonds. The van der Waals surface area contributed by atoms with Crippen LogP contribution in [0.1, 0.15) is 17.0 Å². The maximum Gasteiger partial charge on any atom is 0.308 e. The van der Waals surface area contributed by atoms with Crippen molar-refractivity contribution in [1.29, 1.82) is 0 Å². The van der Waals surface area contributed by atoms with Crippen LogP contribution in [-0.4, -0.2) is 33.4 Å². The van der Waals surface area contributed by atoms with Gasteiger partial charge in [0.1, 0.15) is 5.01 Å². The molecule has 0 spiro atoms. The van der Waals surface area contributed by atoms with E-state index in [-0.39, 0.29) is 18.9 Å². The molecule has 1 saturated heterocycles. The number of carbonyl (C=O) groups is 2. The smallest absolute Gasteiger partial charge is 0.308 e. The van der Waals surface area contributed by atoms with Crippen LogP contribution in [0.3, 0.4) is 0 Å². The van der Waals surface area contributed by atoms with Crippen molar-refractivity contribution in [3.05, 3.63) is 40.9 Å². The lowest BCUT2D eigenvalue weighted by Gasteiger charge is -2.14. The predicted molar refractivity (Wildman–Crippen MR) is 83.4 cm³/mol. The first kappa shape index (κ1) is 14.7. The lowest BCUT2D eigenvalue weighted by atomic mass is 10.1. The van der Waals surface area contributed by atoms with E-state index in [1.165, 1.54) is 0 Å². The summed E-state index contributed by atoms with van der Waals surface area (Å²) in [6, 6.07) is 9.90. The second-order valence-corrected chi connectivity index (χ2v) is 6.49. The molecule has 5 nitrogen and oxygen atoms in total. The van der Waals surface area contributed by atoms with Gasteiger partial charge in [-0.1, -0.05) is 30.3 Å². The van der Waals surface area contributed by atoms with Gasteiger partial charge >= 0.3 is 5.97 Å². The number of carboxylic acids is 1. The molecule has 0 radical (unpaired) electrons. The van der Waals surface area contributed by atoms with Crippen LogP contribution in [0.2, 0.25) is 0 Å². The first-order valence-corrected chi connectivity index (χ1v) is 7.88. The summed E-state index contributed by atoms with van der Waals surface area (Å²) in [5.74, 6) is -1.59. The third kappa shape index (κ3) is 2.87. The molecular formula is C16H16N2O3S. The highest BCUT2D eigenvalue weighted by atomic mass is 32.1. The van der Waals surface area contributed by atoms with Crippen LogP contribution in [0, 0.1) is 12.8 Å². The second-order valence-electron chi connectivity index (χ2n) is 5.41. The van der Waals surface area contributed by atoms with E-state index < -0.39 is 11.9 Å². The maximum atomic E-state index is 11.9. The zero-order valence-corrected chi connectivity index (χ0v) is 13.0. The molecule has 3 rings (SSSR count). The molecule has 1 aromatic carbocycles. The highest BCUT2D eigenvalue weighted by molar-refractivity contribution is 7.15. The number of rotatable bonds is 4. The molecule has 1 aromatic heterocycles. The first-order valence-electron chi connectivity index (χ1n) is 7.07. The van der Waals surface area contributed by atoms with Crippen molar-refractivity contribution >= 4 is 23.2 Å². The fourth-order valence-corrected chi connectivity index (χ4v) is 3.63. The Labute approximate surface area is 132 Å². The number of carbonyl (C=O) groups excluding carboxylic acids is 1. The predicted octanol–water partition coefficient (Wildman–Crippen LogP) is 2.55. The molecule has 1 atom stereocenters. The van der Waals surface area contributed by atoms with Gasteiger partial charge in [0.15, 0.2) is 0 Å². The minimum Gasteiger partial charge on any atom is -0.481 e. The average Bonchev–Trinajstić information content (AvgIpc) is 3.05. The van der Waals surface area contributed by atoms with Crippen molar-refractivity contribution in [2.24, 2.45) is 5.92 Å². The Bertz CT molecular complexity index is 711. The van der Waals surface area contributed by atoms with Crippen LogP contribution in [0.25, 0.3) is 10.6 Å². The van der Waals surface area contributed by atoms with Gasteiger partial charge in [-0.25, -0.2) is 4.98 Å². The van der Waals surface area contributed by atoms with Crippen LogP contribution in [0.15, 0.2) is 30.3 Å². The van der Waals surface area contributed by atoms with Crippen molar-refractivity contribution in [3.63, 3.8) is 0 Å². The topological polar surface area (TPSA) is 70.5 Å². The van der Waals surface area contributed by atoms with Crippen molar-refractivity contribution < 1.29 is 14.7 Å². The molecule has 1 fully saturated rings. The number of aliphatic carboxylic acids is 1. The van der Waals surface area contributed by atoms with Crippen LogP contribution < -0.4 is 0 Å². The summed E-state index contributed by atoms with van der Waals surface area (Å²) in [5, 5.41) is 9.96. The van der Waals surface area contributed by atoms with Gasteiger partial charge in [0.2, 0.25) is 5.91 Å². The Hall–Kier alpha value is -2.21. The van der Waals surface area contributed by atoms with Gasteiger partial charge in [-0.05, 0) is 6.92 Å². The van der Waals surface area contributed by atoms with Crippen LogP contribution in [-0.2, 0) is 16.1 Å². The molecule has 2 heterocycles. The molecule has 0 bridgehead atoms. The number of amides is 1. The fraction of sp³-hybridized carbons (Fsp3) is 0.312. The SMILES string of the molecule is Cc1nc(-c2ccccc2)sc1CN1CC(C(=O)O)CC1=O. The van der Waals surface area contributed by atoms with Gasteiger partial charge in [-0.2, -0.15) is 0 Å². The largest absolute Gasteiger partial charge is 0.481 e. The standard InChI is InChI=1S/C16H16N2O3S/c1-10-13(9-18-8-12(16(20)21)7-14(18)19)22-15(17-10)11-5-3-2-4-6-11/h2-6,12H,7-9H2,1H3,(H,20,21). The summed E-state index contributed by atoms with van der Waals surface area (Å²) < 4.78 is 0. The number of aryl methyl sites for hydroxylation is 1. The normalized spacial score (nSPS) is 18.0. The Kier molecular flexibility index (Phi) is 3.94. The fourth-order valence-electron chi connectivity index (χ4n) is 2.54. The number of nitrogens with zero attached hydrogens (tertiary/aromatic N) is 2. The number of hydrogen-bond acceptors (Lipinski definition) is 4. The zero-order valence-electron chi connectivity index (χ0n) is 12.2. The Morgan fingerprint density at radius 2 is 2.14 bits per heavy atom. The molecule has 0 aliphatic carbocycles. The van der Waals surface area contributed by atoms with Crippen molar-refractivity contribution in [2.45, 2.75) is 19.9 Å². The molecule has 114 valence electrons. The Balaban J connectivity index is 1.78. The van der Waals surface area contributed by atoms with Gasteiger partial charge in [0.05, 0.1) is 18.2 Å². The Morgan fingerprint density at radius 3 is 2.77 bits per heavy atom. The molecule has 1 N–H and O–H groups in total. The summed E-state index contributed by atoms with van der Waals surface area (Å²) in [5.41, 5.74) is 1.95. The van der Waals surface area contributed by atoms with E-state index in [9.17, 15) is 9.59 Å². The molecular weight excluding hydrogens is 300 g/mol. The number of carboxylic acid groups (broad SMARTS) is 1. The third-order valence-corrected chi connectivity index (χ3v) is 5.00. The van der Waals surface area contributed by atoms with Crippen molar-refractivity contribution in [2.75, 3.05) is 6.54 Å². The van der Waals surface area contributed by atoms with Crippen LogP contribution in [0.4, 0.5) is 0 Å². The molecule has 0 saturated carbocycles. The average molecular weight is 316 g/mol. The minimum absolute atomic E-state index is 0.0959. The number of aromatic nitrogens is 1. The third-order valence-electron chi connectivity index (χ3n) is 3.81. The number of hydrogen-bond donors (Lipinski definition) is 1. The number of benzene rings is 1. The van der Waals surface area contributed by atoms with Crippen molar-refractivity contribution in [1.82, 2.24) is 9.88 Å². The summed E-state index contributed by atoms with van der Waals surface area (Å²) in [6.45, 7) is 2.65. The van der Waals surface area contributed by atoms with Gasteiger partial charge < -0.3 is 10.0 Å². The number of likely N-dealkylation sites (tertiary alicyclic amines) is 1. The van der Waals surface area contributed by atoms with E-state index >= 15 is 0 Å². The van der Waals surface area contributed by atoms with Gasteiger partial charge in [0, 0.05) is 23.4 Å². The summed E-state index contributed by atoms with van der Waals surface area (Å²) in [6.07, 6.45) is 0.0960. The summed E-state index contributed by atoms with van der Waals surface area (Å²) in [4.78, 5) is 30.1. The highest BCUT2D eigenvalue weighted by Gasteiger charge is 2.34. The van der Waals surface area contributed by atoms with Crippen LogP contribution >= 0.6 is 11.3 Å². The zero-order chi connectivity index (χ0) is 15.7. The van der Waals surface area contributed by atoms with E-state index in [0.717, 1.165) is 21.1 Å². The molecule has 22 heavy (non-hydrogen) atoms. The molecule has 1 aliphatic rings. The monoisotopic (exact) mass is 316 g/mol. The van der Waals surface area contributed by atoms with Crippen LogP contribution in [0.5, 0.6) is 0 Å². The molecule has 2 aromatic rings. The van der Waals surface area contributed by atoms with Gasteiger partial charge in [0.25, 0.3) is 0 Å². The summed E-state index contributed by atoms with van der Waals surface area (Å²) >= 11 is 1.56. The lowest BCUT2D eigenvalue weighted by molar-refractivity contribution is -0.141. The maximum absolute atomic E-state index is 11.9. The molecule has 6 heteroatoms. The lowest BCUT2D eigenvalue weighted by Crippen LogP contribution is -2.25. The van der Waals surface area contributed by atoms with E-state index in [4.69, 9.17) is 5.11 Å². The first-order chi connectivity index (χ1) is 10.5. The summed E-state index contributed by atoms with van der Waals surface area (Å²) in [7, 11) is 0. The Morgan fingerprint density at radius 1 is 1.41 bits per heavy atom.